The first-order valence-electron chi connectivity index (χ1n) is 4.81. The van der Waals surface area contributed by atoms with Gasteiger partial charge in [-0.15, -0.1) is 24.9 Å². The molecule has 0 aromatic heterocycles. The number of hydrogen-bond donors (Lipinski definition) is 1. The van der Waals surface area contributed by atoms with Crippen LogP contribution in [0.5, 0.6) is 5.75 Å². The van der Waals surface area contributed by atoms with Crippen LogP contribution >= 0.6 is 23.4 Å². The topological polar surface area (TPSA) is 38.3 Å². The highest BCUT2D eigenvalue weighted by molar-refractivity contribution is 8.00. The van der Waals surface area contributed by atoms with Crippen molar-refractivity contribution in [3.05, 3.63) is 28.8 Å². The molecular weight excluding hydrogens is 291 g/mol. The summed E-state index contributed by atoms with van der Waals surface area (Å²) in [5, 5.41) is 2.34. The lowest BCUT2D eigenvalue weighted by molar-refractivity contribution is -0.274. The van der Waals surface area contributed by atoms with Gasteiger partial charge in [-0.2, -0.15) is 0 Å². The van der Waals surface area contributed by atoms with E-state index in [-0.39, 0.29) is 16.7 Å². The number of nitrogens with one attached hydrogen (secondary N) is 1. The molecule has 1 amide bonds. The van der Waals surface area contributed by atoms with Crippen molar-refractivity contribution in [3.8, 4) is 5.75 Å². The van der Waals surface area contributed by atoms with Crippen molar-refractivity contribution in [3.63, 3.8) is 0 Å². The third kappa shape index (κ3) is 3.46. The second kappa shape index (κ2) is 4.89. The molecule has 8 heteroatoms. The van der Waals surface area contributed by atoms with Crippen LogP contribution in [0.15, 0.2) is 18.2 Å². The molecule has 1 aliphatic heterocycles. The number of amides is 1. The molecule has 98 valence electrons. The average Bonchev–Trinajstić information content (AvgIpc) is 2.61. The summed E-state index contributed by atoms with van der Waals surface area (Å²) in [5.74, 6) is -0.290. The minimum Gasteiger partial charge on any atom is -0.406 e. The Morgan fingerprint density at radius 2 is 2.11 bits per heavy atom. The fraction of sp³-hybridized carbons (Fsp3) is 0.300. The summed E-state index contributed by atoms with van der Waals surface area (Å²) in [7, 11) is 0. The second-order valence-electron chi connectivity index (χ2n) is 3.53. The fourth-order valence-corrected chi connectivity index (χ4v) is 2.67. The first-order valence-corrected chi connectivity index (χ1v) is 6.23. The van der Waals surface area contributed by atoms with E-state index in [0.29, 0.717) is 5.56 Å². The predicted molar refractivity (Wildman–Crippen MR) is 61.5 cm³/mol. The largest absolute Gasteiger partial charge is 0.573 e. The summed E-state index contributed by atoms with van der Waals surface area (Å²) >= 11 is 7.01. The molecule has 1 aliphatic rings. The van der Waals surface area contributed by atoms with Gasteiger partial charge >= 0.3 is 6.36 Å². The number of carbonyl (C=O) groups is 1. The molecule has 0 aliphatic carbocycles. The monoisotopic (exact) mass is 297 g/mol. The molecular formula is C10H7ClF3NO2S. The van der Waals surface area contributed by atoms with E-state index in [9.17, 15) is 18.0 Å². The number of rotatable bonds is 2. The maximum atomic E-state index is 12.1. The van der Waals surface area contributed by atoms with Crippen LogP contribution in [-0.2, 0) is 4.79 Å². The minimum absolute atomic E-state index is 0.119. The zero-order valence-corrected chi connectivity index (χ0v) is 10.3. The van der Waals surface area contributed by atoms with Crippen molar-refractivity contribution in [1.29, 1.82) is 0 Å². The molecule has 1 atom stereocenters. The van der Waals surface area contributed by atoms with Crippen molar-refractivity contribution in [2.24, 2.45) is 0 Å². The highest BCUT2D eigenvalue weighted by atomic mass is 35.5. The van der Waals surface area contributed by atoms with Crippen molar-refractivity contribution >= 4 is 29.3 Å². The smallest absolute Gasteiger partial charge is 0.406 e. The summed E-state index contributed by atoms with van der Waals surface area (Å²) < 4.78 is 40.1. The Kier molecular flexibility index (Phi) is 3.63. The predicted octanol–water partition coefficient (Wildman–Crippen LogP) is 3.10. The molecule has 0 spiro atoms. The SMILES string of the molecule is O=C1CSC(c2cc(Cl)cc(OC(F)(F)F)c2)N1. The molecule has 0 bridgehead atoms. The number of benzene rings is 1. The zero-order valence-electron chi connectivity index (χ0n) is 8.75. The van der Waals surface area contributed by atoms with Gasteiger partial charge in [0.1, 0.15) is 11.1 Å². The maximum Gasteiger partial charge on any atom is 0.573 e. The number of alkyl halides is 3. The highest BCUT2D eigenvalue weighted by Crippen LogP contribution is 2.35. The first kappa shape index (κ1) is 13.4. The first-order chi connectivity index (χ1) is 8.33. The highest BCUT2D eigenvalue weighted by Gasteiger charge is 2.32. The van der Waals surface area contributed by atoms with E-state index in [1.54, 1.807) is 0 Å². The quantitative estimate of drug-likeness (QED) is 0.911. The molecule has 0 saturated carbocycles. The summed E-state index contributed by atoms with van der Waals surface area (Å²) in [5.41, 5.74) is 0.470. The molecule has 3 nitrogen and oxygen atoms in total. The van der Waals surface area contributed by atoms with Crippen LogP contribution in [0.2, 0.25) is 5.02 Å². The Morgan fingerprint density at radius 1 is 1.39 bits per heavy atom. The molecule has 1 aromatic rings. The van der Waals surface area contributed by atoms with Gasteiger partial charge in [0.2, 0.25) is 5.91 Å². The molecule has 18 heavy (non-hydrogen) atoms. The van der Waals surface area contributed by atoms with Crippen molar-refractivity contribution in [1.82, 2.24) is 5.32 Å². The summed E-state index contributed by atoms with van der Waals surface area (Å²) in [6, 6.07) is 3.77. The summed E-state index contributed by atoms with van der Waals surface area (Å²) in [6.07, 6.45) is -4.77. The second-order valence-corrected chi connectivity index (χ2v) is 5.06. The van der Waals surface area contributed by atoms with Crippen molar-refractivity contribution in [2.45, 2.75) is 11.7 Å². The van der Waals surface area contributed by atoms with E-state index in [1.807, 2.05) is 0 Å². The summed E-state index contributed by atoms with van der Waals surface area (Å²) in [6.45, 7) is 0. The molecule has 1 N–H and O–H groups in total. The van der Waals surface area contributed by atoms with Crippen LogP contribution in [0.1, 0.15) is 10.9 Å². The van der Waals surface area contributed by atoms with Gasteiger partial charge < -0.3 is 10.1 Å². The lowest BCUT2D eigenvalue weighted by Crippen LogP contribution is -2.20. The molecule has 0 radical (unpaired) electrons. The van der Waals surface area contributed by atoms with E-state index in [4.69, 9.17) is 11.6 Å². The third-order valence-electron chi connectivity index (χ3n) is 2.10. The maximum absolute atomic E-state index is 12.1. The number of ether oxygens (including phenoxy) is 1. The zero-order chi connectivity index (χ0) is 13.3. The van der Waals surface area contributed by atoms with Crippen LogP contribution in [0, 0.1) is 0 Å². The Morgan fingerprint density at radius 3 is 2.67 bits per heavy atom. The Bertz CT molecular complexity index is 481. The van der Waals surface area contributed by atoms with Crippen molar-refractivity contribution < 1.29 is 22.7 Å². The van der Waals surface area contributed by atoms with Crippen molar-refractivity contribution in [2.75, 3.05) is 5.75 Å². The van der Waals surface area contributed by atoms with Gasteiger partial charge in [0.25, 0.3) is 0 Å². The number of carbonyl (C=O) groups excluding carboxylic acids is 1. The van der Waals surface area contributed by atoms with Gasteiger partial charge in [0, 0.05) is 5.02 Å². The Balaban J connectivity index is 2.24. The molecule has 1 fully saturated rings. The fourth-order valence-electron chi connectivity index (χ4n) is 1.50. The normalized spacial score (nSPS) is 19.8. The Labute approximate surface area is 110 Å². The van der Waals surface area contributed by atoms with Crippen LogP contribution < -0.4 is 10.1 Å². The standard InChI is InChI=1S/C10H7ClF3NO2S/c11-6-1-5(9-15-8(16)4-18-9)2-7(3-6)17-10(12,13)14/h1-3,9H,4H2,(H,15,16). The lowest BCUT2D eigenvalue weighted by Gasteiger charge is -2.14. The molecule has 1 unspecified atom stereocenters. The number of hydrogen-bond acceptors (Lipinski definition) is 3. The van der Waals surface area contributed by atoms with E-state index in [2.05, 4.69) is 10.1 Å². The van der Waals surface area contributed by atoms with E-state index >= 15 is 0 Å². The molecule has 1 saturated heterocycles. The van der Waals surface area contributed by atoms with Crippen LogP contribution in [0.4, 0.5) is 13.2 Å². The lowest BCUT2D eigenvalue weighted by atomic mass is 10.2. The number of halogens is 4. The van der Waals surface area contributed by atoms with Gasteiger partial charge in [-0.1, -0.05) is 11.6 Å². The Hall–Kier alpha value is -1.08. The number of thioether (sulfide) groups is 1. The summed E-state index contributed by atoms with van der Waals surface area (Å²) in [4.78, 5) is 11.0. The van der Waals surface area contributed by atoms with Gasteiger partial charge in [0.05, 0.1) is 5.75 Å². The van der Waals surface area contributed by atoms with Gasteiger partial charge in [-0.3, -0.25) is 4.79 Å². The van der Waals surface area contributed by atoms with Gasteiger partial charge in [0.15, 0.2) is 0 Å². The van der Waals surface area contributed by atoms with Gasteiger partial charge in [-0.25, -0.2) is 0 Å². The third-order valence-corrected chi connectivity index (χ3v) is 3.47. The van der Waals surface area contributed by atoms with Crippen LogP contribution in [0.3, 0.4) is 0 Å². The van der Waals surface area contributed by atoms with E-state index in [0.717, 1.165) is 6.07 Å². The van der Waals surface area contributed by atoms with Gasteiger partial charge in [-0.05, 0) is 23.8 Å². The molecule has 1 aromatic carbocycles. The van der Waals surface area contributed by atoms with E-state index < -0.39 is 17.5 Å². The molecule has 1 heterocycles. The molecule has 2 rings (SSSR count). The average molecular weight is 298 g/mol. The minimum atomic E-state index is -4.77. The van der Waals surface area contributed by atoms with Crippen LogP contribution in [-0.4, -0.2) is 18.0 Å². The van der Waals surface area contributed by atoms with E-state index in [1.165, 1.54) is 23.9 Å². The van der Waals surface area contributed by atoms with Crippen LogP contribution in [0.25, 0.3) is 0 Å².